The highest BCUT2D eigenvalue weighted by atomic mass is 35.5. The van der Waals surface area contributed by atoms with Crippen LogP contribution < -0.4 is 11.1 Å². The number of nitrogens with zero attached hydrogens (tertiary/aromatic N) is 3. The van der Waals surface area contributed by atoms with Crippen LogP contribution in [0.1, 0.15) is 49.4 Å². The molecule has 1 aromatic heterocycles. The Morgan fingerprint density at radius 3 is 2.87 bits per heavy atom. The molecule has 0 radical (unpaired) electrons. The van der Waals surface area contributed by atoms with Crippen LogP contribution in [0, 0.1) is 6.92 Å². The number of aromatic nitrogens is 2. The van der Waals surface area contributed by atoms with Crippen molar-refractivity contribution in [2.45, 2.75) is 58.7 Å². The number of carbonyl (C=O) groups excluding carboxylic acids is 2. The number of benzene rings is 1. The molecule has 0 saturated carbocycles. The molecule has 3 rings (SSSR count). The van der Waals surface area contributed by atoms with Crippen LogP contribution in [0.5, 0.6) is 0 Å². The molecule has 2 heterocycles. The molecule has 7 nitrogen and oxygen atoms in total. The average molecular weight is 444 g/mol. The van der Waals surface area contributed by atoms with Gasteiger partial charge in [0.15, 0.2) is 0 Å². The van der Waals surface area contributed by atoms with Crippen LogP contribution in [0.15, 0.2) is 30.3 Å². The lowest BCUT2D eigenvalue weighted by Gasteiger charge is -2.23. The minimum Gasteiger partial charge on any atom is -0.368 e. The topological polar surface area (TPSA) is 93.2 Å². The molecular weight excluding hydrogens is 414 g/mol. The number of aryl methyl sites for hydroxylation is 2. The van der Waals surface area contributed by atoms with Crippen molar-refractivity contribution < 1.29 is 9.59 Å². The minimum atomic E-state index is -0.298. The van der Waals surface area contributed by atoms with Gasteiger partial charge in [0.25, 0.3) is 0 Å². The van der Waals surface area contributed by atoms with Crippen molar-refractivity contribution in [1.29, 1.82) is 0 Å². The molecule has 1 fully saturated rings. The molecule has 1 atom stereocenters. The van der Waals surface area contributed by atoms with E-state index in [0.717, 1.165) is 55.6 Å². The first-order valence-corrected chi connectivity index (χ1v) is 11.1. The summed E-state index contributed by atoms with van der Waals surface area (Å²) < 4.78 is 1.78. The van der Waals surface area contributed by atoms with Crippen molar-refractivity contribution in [2.75, 3.05) is 11.9 Å². The van der Waals surface area contributed by atoms with E-state index in [0.29, 0.717) is 17.4 Å². The van der Waals surface area contributed by atoms with Crippen LogP contribution in [0.3, 0.4) is 0 Å². The first-order chi connectivity index (χ1) is 14.9. The Hall–Kier alpha value is -2.64. The number of anilines is 1. The summed E-state index contributed by atoms with van der Waals surface area (Å²) in [6.07, 6.45) is 6.94. The van der Waals surface area contributed by atoms with Gasteiger partial charge in [-0.25, -0.2) is 0 Å². The molecule has 2 amide bonds. The smallest absolute Gasteiger partial charge is 0.248 e. The summed E-state index contributed by atoms with van der Waals surface area (Å²) >= 11 is 6.44. The molecule has 2 aromatic rings. The number of carbonyl (C=O) groups is 2. The zero-order chi connectivity index (χ0) is 22.4. The third kappa shape index (κ3) is 5.74. The third-order valence-corrected chi connectivity index (χ3v) is 5.97. The van der Waals surface area contributed by atoms with Gasteiger partial charge in [-0.3, -0.25) is 19.2 Å². The van der Waals surface area contributed by atoms with Crippen LogP contribution in [0.4, 0.5) is 5.69 Å². The minimum absolute atomic E-state index is 0.252. The van der Waals surface area contributed by atoms with Crippen LogP contribution in [-0.4, -0.2) is 39.1 Å². The zero-order valence-electron chi connectivity index (χ0n) is 18.1. The Labute approximate surface area is 188 Å². The summed E-state index contributed by atoms with van der Waals surface area (Å²) in [5.41, 5.74) is 8.73. The van der Waals surface area contributed by atoms with E-state index in [2.05, 4.69) is 22.2 Å². The number of likely N-dealkylation sites (tertiary alicyclic amines) is 1. The first kappa shape index (κ1) is 23.0. The summed E-state index contributed by atoms with van der Waals surface area (Å²) in [7, 11) is 0. The Balaban J connectivity index is 1.69. The first-order valence-electron chi connectivity index (χ1n) is 10.7. The van der Waals surface area contributed by atoms with E-state index in [-0.39, 0.29) is 17.9 Å². The van der Waals surface area contributed by atoms with Gasteiger partial charge in [-0.1, -0.05) is 43.1 Å². The van der Waals surface area contributed by atoms with Gasteiger partial charge in [-0.15, -0.1) is 0 Å². The van der Waals surface area contributed by atoms with Gasteiger partial charge in [0.05, 0.1) is 11.7 Å². The monoisotopic (exact) mass is 443 g/mol. The number of para-hydroxylation sites is 1. The third-order valence-electron chi connectivity index (χ3n) is 5.57. The summed E-state index contributed by atoms with van der Waals surface area (Å²) in [5.74, 6) is -0.550. The molecule has 0 bridgehead atoms. The number of halogens is 1. The number of primary amides is 1. The Morgan fingerprint density at radius 2 is 2.13 bits per heavy atom. The maximum atomic E-state index is 12.6. The van der Waals surface area contributed by atoms with E-state index in [1.54, 1.807) is 10.8 Å². The molecule has 166 valence electrons. The van der Waals surface area contributed by atoms with Crippen molar-refractivity contribution in [1.82, 2.24) is 14.7 Å². The summed E-state index contributed by atoms with van der Waals surface area (Å²) in [6, 6.07) is 7.35. The normalized spacial score (nSPS) is 16.8. The fraction of sp³-hybridized carbons (Fsp3) is 0.435. The number of unbranched alkanes of at least 4 members (excludes halogenated alkanes) is 1. The lowest BCUT2D eigenvalue weighted by Crippen LogP contribution is -2.39. The fourth-order valence-corrected chi connectivity index (χ4v) is 4.20. The molecule has 0 spiro atoms. The summed E-state index contributed by atoms with van der Waals surface area (Å²) in [4.78, 5) is 26.3. The van der Waals surface area contributed by atoms with Crippen molar-refractivity contribution >= 4 is 35.2 Å². The summed E-state index contributed by atoms with van der Waals surface area (Å²) in [6.45, 7) is 6.13. The highest BCUT2D eigenvalue weighted by Crippen LogP contribution is 2.24. The lowest BCUT2D eigenvalue weighted by molar-refractivity contribution is -0.122. The van der Waals surface area contributed by atoms with Gasteiger partial charge in [0, 0.05) is 30.4 Å². The van der Waals surface area contributed by atoms with Crippen molar-refractivity contribution in [3.05, 3.63) is 52.3 Å². The molecule has 1 aromatic carbocycles. The number of amides is 2. The second-order valence-corrected chi connectivity index (χ2v) is 8.24. The highest BCUT2D eigenvalue weighted by molar-refractivity contribution is 6.31. The Bertz CT molecular complexity index is 969. The Morgan fingerprint density at radius 1 is 1.35 bits per heavy atom. The molecule has 31 heavy (non-hydrogen) atoms. The lowest BCUT2D eigenvalue weighted by atomic mass is 10.1. The molecule has 8 heteroatoms. The maximum Gasteiger partial charge on any atom is 0.248 e. The second kappa shape index (κ2) is 10.6. The van der Waals surface area contributed by atoms with Gasteiger partial charge in [-0.2, -0.15) is 5.10 Å². The van der Waals surface area contributed by atoms with Gasteiger partial charge in [0.1, 0.15) is 5.15 Å². The average Bonchev–Trinajstić information content (AvgIpc) is 3.31. The predicted octanol–water partition coefficient (Wildman–Crippen LogP) is 3.75. The van der Waals surface area contributed by atoms with E-state index < -0.39 is 0 Å². The van der Waals surface area contributed by atoms with Gasteiger partial charge < -0.3 is 11.1 Å². The highest BCUT2D eigenvalue weighted by Gasteiger charge is 2.29. The SMILES string of the molecule is CCCCn1nc(C)c(/C=C/C(=O)Nc2ccccc2CN2CCCC2C(N)=O)c1Cl. The van der Waals surface area contributed by atoms with E-state index in [1.165, 1.54) is 6.08 Å². The van der Waals surface area contributed by atoms with Crippen molar-refractivity contribution in [3.63, 3.8) is 0 Å². The van der Waals surface area contributed by atoms with Crippen molar-refractivity contribution in [3.8, 4) is 0 Å². The number of hydrogen-bond donors (Lipinski definition) is 2. The van der Waals surface area contributed by atoms with E-state index in [4.69, 9.17) is 17.3 Å². The molecule has 1 aliphatic heterocycles. The molecular formula is C23H30ClN5O2. The maximum absolute atomic E-state index is 12.6. The standard InChI is InChI=1S/C23H30ClN5O2/c1-3-4-14-29-22(24)18(16(2)27-29)11-12-21(30)26-19-9-6-5-8-17(19)15-28-13-7-10-20(28)23(25)31/h5-6,8-9,11-12,20H,3-4,7,10,13-15H2,1-2H3,(H2,25,31)(H,26,30)/b12-11+. The van der Waals surface area contributed by atoms with E-state index >= 15 is 0 Å². The zero-order valence-corrected chi connectivity index (χ0v) is 18.9. The van der Waals surface area contributed by atoms with Gasteiger partial charge in [0.2, 0.25) is 11.8 Å². The van der Waals surface area contributed by atoms with Gasteiger partial charge >= 0.3 is 0 Å². The van der Waals surface area contributed by atoms with Crippen LogP contribution in [0.2, 0.25) is 5.15 Å². The van der Waals surface area contributed by atoms with Gasteiger partial charge in [-0.05, 0) is 50.4 Å². The van der Waals surface area contributed by atoms with Crippen LogP contribution in [0.25, 0.3) is 6.08 Å². The van der Waals surface area contributed by atoms with Crippen molar-refractivity contribution in [2.24, 2.45) is 5.73 Å². The molecule has 1 unspecified atom stereocenters. The fourth-order valence-electron chi connectivity index (χ4n) is 3.88. The largest absolute Gasteiger partial charge is 0.368 e. The number of nitrogens with one attached hydrogen (secondary N) is 1. The molecule has 1 aliphatic rings. The Kier molecular flexibility index (Phi) is 7.87. The number of rotatable bonds is 9. The molecule has 0 aliphatic carbocycles. The van der Waals surface area contributed by atoms with E-state index in [9.17, 15) is 9.59 Å². The summed E-state index contributed by atoms with van der Waals surface area (Å²) in [5, 5.41) is 7.94. The van der Waals surface area contributed by atoms with Crippen LogP contribution >= 0.6 is 11.6 Å². The quantitative estimate of drug-likeness (QED) is 0.577. The number of hydrogen-bond acceptors (Lipinski definition) is 4. The molecule has 1 saturated heterocycles. The number of nitrogens with two attached hydrogens (primary N) is 1. The van der Waals surface area contributed by atoms with Crippen LogP contribution in [-0.2, 0) is 22.7 Å². The predicted molar refractivity (Wildman–Crippen MR) is 124 cm³/mol. The van der Waals surface area contributed by atoms with E-state index in [1.807, 2.05) is 31.2 Å². The molecule has 3 N–H and O–H groups in total. The second-order valence-electron chi connectivity index (χ2n) is 7.88.